The summed E-state index contributed by atoms with van der Waals surface area (Å²) in [5.74, 6) is -1.16. The van der Waals surface area contributed by atoms with Crippen molar-refractivity contribution < 1.29 is 29.1 Å². The van der Waals surface area contributed by atoms with Gasteiger partial charge in [0.2, 0.25) is 0 Å². The van der Waals surface area contributed by atoms with Crippen molar-refractivity contribution in [1.29, 1.82) is 0 Å². The Kier molecular flexibility index (Phi) is 6.45. The van der Waals surface area contributed by atoms with E-state index in [0.29, 0.717) is 5.56 Å². The molecule has 1 amide bonds. The van der Waals surface area contributed by atoms with Gasteiger partial charge in [0.05, 0.1) is 29.9 Å². The van der Waals surface area contributed by atoms with Gasteiger partial charge in [0.15, 0.2) is 6.10 Å². The molecule has 0 radical (unpaired) electrons. The molecule has 0 saturated heterocycles. The van der Waals surface area contributed by atoms with E-state index in [1.807, 2.05) is 0 Å². The Morgan fingerprint density at radius 3 is 2.44 bits per heavy atom. The standard InChI is InChI=1S/C18H18N2O7/c1-11(27-18(23)13-5-3-12(10-21)4-6-13)17(22)19-15-9-14(20(24)25)7-8-16(15)26-2/h3-9,11,21H,10H2,1-2H3,(H,19,22)/t11-/m0/s1. The van der Waals surface area contributed by atoms with E-state index in [1.165, 1.54) is 38.3 Å². The first kappa shape index (κ1) is 19.9. The molecule has 0 saturated carbocycles. The second-order valence-electron chi connectivity index (χ2n) is 5.53. The predicted molar refractivity (Wildman–Crippen MR) is 95.5 cm³/mol. The topological polar surface area (TPSA) is 128 Å². The molecule has 0 spiro atoms. The summed E-state index contributed by atoms with van der Waals surface area (Å²) in [5.41, 5.74) is 0.724. The number of benzene rings is 2. The third-order valence-corrected chi connectivity index (χ3v) is 3.68. The van der Waals surface area contributed by atoms with E-state index in [4.69, 9.17) is 14.6 Å². The number of nitro benzene ring substituents is 1. The van der Waals surface area contributed by atoms with Crippen molar-refractivity contribution in [3.05, 3.63) is 63.7 Å². The van der Waals surface area contributed by atoms with Crippen molar-refractivity contribution in [2.75, 3.05) is 12.4 Å². The zero-order valence-electron chi connectivity index (χ0n) is 14.7. The lowest BCUT2D eigenvalue weighted by Crippen LogP contribution is -2.30. The first-order valence-electron chi connectivity index (χ1n) is 7.89. The van der Waals surface area contributed by atoms with Crippen LogP contribution in [0.3, 0.4) is 0 Å². The number of amides is 1. The molecule has 2 N–H and O–H groups in total. The minimum atomic E-state index is -1.15. The fraction of sp³-hybridized carbons (Fsp3) is 0.222. The van der Waals surface area contributed by atoms with Gasteiger partial charge in [-0.2, -0.15) is 0 Å². The van der Waals surface area contributed by atoms with Crippen molar-refractivity contribution in [2.24, 2.45) is 0 Å². The fourth-order valence-electron chi connectivity index (χ4n) is 2.17. The first-order chi connectivity index (χ1) is 12.8. The zero-order valence-corrected chi connectivity index (χ0v) is 14.7. The van der Waals surface area contributed by atoms with Gasteiger partial charge in [-0.05, 0) is 30.7 Å². The number of esters is 1. The molecule has 0 fully saturated rings. The Hall–Kier alpha value is -3.46. The van der Waals surface area contributed by atoms with Crippen LogP contribution in [0.5, 0.6) is 5.75 Å². The maximum atomic E-state index is 12.3. The van der Waals surface area contributed by atoms with Crippen LogP contribution in [0.1, 0.15) is 22.8 Å². The highest BCUT2D eigenvalue weighted by Gasteiger charge is 2.21. The van der Waals surface area contributed by atoms with E-state index in [2.05, 4.69) is 5.32 Å². The average molecular weight is 374 g/mol. The lowest BCUT2D eigenvalue weighted by atomic mass is 10.1. The molecular formula is C18H18N2O7. The van der Waals surface area contributed by atoms with Crippen LogP contribution in [0.25, 0.3) is 0 Å². The molecule has 0 aromatic heterocycles. The van der Waals surface area contributed by atoms with Crippen molar-refractivity contribution in [3.8, 4) is 5.75 Å². The molecule has 0 aliphatic rings. The quantitative estimate of drug-likeness (QED) is 0.432. The Balaban J connectivity index is 2.07. The monoisotopic (exact) mass is 374 g/mol. The molecule has 142 valence electrons. The molecule has 0 aliphatic carbocycles. The third-order valence-electron chi connectivity index (χ3n) is 3.68. The van der Waals surface area contributed by atoms with Gasteiger partial charge >= 0.3 is 5.97 Å². The van der Waals surface area contributed by atoms with Crippen LogP contribution >= 0.6 is 0 Å². The van der Waals surface area contributed by atoms with Crippen molar-refractivity contribution in [2.45, 2.75) is 19.6 Å². The molecule has 0 unspecified atom stereocenters. The van der Waals surface area contributed by atoms with Crippen LogP contribution in [0, 0.1) is 10.1 Å². The Bertz CT molecular complexity index is 849. The molecule has 2 rings (SSSR count). The first-order valence-corrected chi connectivity index (χ1v) is 7.89. The molecule has 2 aromatic rings. The number of nitrogens with zero attached hydrogens (tertiary/aromatic N) is 1. The summed E-state index contributed by atoms with van der Waals surface area (Å²) in [5, 5.41) is 22.3. The number of non-ortho nitro benzene ring substituents is 1. The maximum absolute atomic E-state index is 12.3. The highest BCUT2D eigenvalue weighted by atomic mass is 16.6. The van der Waals surface area contributed by atoms with Gasteiger partial charge in [-0.15, -0.1) is 0 Å². The summed E-state index contributed by atoms with van der Waals surface area (Å²) < 4.78 is 10.2. The van der Waals surface area contributed by atoms with E-state index in [9.17, 15) is 19.7 Å². The number of nitrogens with one attached hydrogen (secondary N) is 1. The summed E-state index contributed by atoms with van der Waals surface area (Å²) in [7, 11) is 1.36. The van der Waals surface area contributed by atoms with Crippen LogP contribution < -0.4 is 10.1 Å². The molecule has 2 aromatic carbocycles. The van der Waals surface area contributed by atoms with Crippen LogP contribution in [-0.4, -0.2) is 35.1 Å². The number of nitro groups is 1. The number of methoxy groups -OCH3 is 1. The van der Waals surface area contributed by atoms with Crippen LogP contribution in [0.15, 0.2) is 42.5 Å². The lowest BCUT2D eigenvalue weighted by Gasteiger charge is -2.15. The number of aliphatic hydroxyl groups excluding tert-OH is 1. The molecule has 27 heavy (non-hydrogen) atoms. The highest BCUT2D eigenvalue weighted by Crippen LogP contribution is 2.29. The number of anilines is 1. The van der Waals surface area contributed by atoms with E-state index in [0.717, 1.165) is 6.07 Å². The van der Waals surface area contributed by atoms with Crippen molar-refractivity contribution in [3.63, 3.8) is 0 Å². The van der Waals surface area contributed by atoms with Gasteiger partial charge < -0.3 is 19.9 Å². The predicted octanol–water partition coefficient (Wildman–Crippen LogP) is 2.28. The SMILES string of the molecule is COc1ccc([N+](=O)[O-])cc1NC(=O)[C@H](C)OC(=O)c1ccc(CO)cc1. The molecule has 0 heterocycles. The Labute approximate surface area is 154 Å². The number of hydrogen-bond donors (Lipinski definition) is 2. The van der Waals surface area contributed by atoms with Crippen LogP contribution in [0.4, 0.5) is 11.4 Å². The zero-order chi connectivity index (χ0) is 20.0. The molecule has 1 atom stereocenters. The summed E-state index contributed by atoms with van der Waals surface area (Å²) in [6.45, 7) is 1.22. The number of aliphatic hydroxyl groups is 1. The average Bonchev–Trinajstić information content (AvgIpc) is 2.67. The van der Waals surface area contributed by atoms with Crippen molar-refractivity contribution in [1.82, 2.24) is 0 Å². The number of ether oxygens (including phenoxy) is 2. The number of rotatable bonds is 7. The normalized spacial score (nSPS) is 11.4. The molecule has 0 bridgehead atoms. The second-order valence-corrected chi connectivity index (χ2v) is 5.53. The Morgan fingerprint density at radius 2 is 1.89 bits per heavy atom. The van der Waals surface area contributed by atoms with Gasteiger partial charge in [-0.1, -0.05) is 12.1 Å². The van der Waals surface area contributed by atoms with Gasteiger partial charge in [0.25, 0.3) is 11.6 Å². The molecular weight excluding hydrogens is 356 g/mol. The number of carbonyl (C=O) groups excluding carboxylic acids is 2. The smallest absolute Gasteiger partial charge is 0.338 e. The minimum Gasteiger partial charge on any atom is -0.495 e. The summed E-state index contributed by atoms with van der Waals surface area (Å²) >= 11 is 0. The van der Waals surface area contributed by atoms with E-state index in [-0.39, 0.29) is 29.3 Å². The maximum Gasteiger partial charge on any atom is 0.338 e. The van der Waals surface area contributed by atoms with Gasteiger partial charge in [0, 0.05) is 12.1 Å². The van der Waals surface area contributed by atoms with Gasteiger partial charge in [-0.3, -0.25) is 14.9 Å². The van der Waals surface area contributed by atoms with Gasteiger partial charge in [0.1, 0.15) is 5.75 Å². The Morgan fingerprint density at radius 1 is 1.22 bits per heavy atom. The third kappa shape index (κ3) is 5.02. The van der Waals surface area contributed by atoms with Crippen LogP contribution in [0.2, 0.25) is 0 Å². The molecule has 0 aliphatic heterocycles. The number of hydrogen-bond acceptors (Lipinski definition) is 7. The van der Waals surface area contributed by atoms with Crippen LogP contribution in [-0.2, 0) is 16.1 Å². The van der Waals surface area contributed by atoms with E-state index in [1.54, 1.807) is 12.1 Å². The highest BCUT2D eigenvalue weighted by molar-refractivity contribution is 5.98. The second kappa shape index (κ2) is 8.77. The van der Waals surface area contributed by atoms with E-state index >= 15 is 0 Å². The summed E-state index contributed by atoms with van der Waals surface area (Å²) in [6.07, 6.45) is -1.15. The number of carbonyl (C=O) groups is 2. The molecule has 9 nitrogen and oxygen atoms in total. The molecule has 9 heteroatoms. The largest absolute Gasteiger partial charge is 0.495 e. The van der Waals surface area contributed by atoms with Gasteiger partial charge in [-0.25, -0.2) is 4.79 Å². The lowest BCUT2D eigenvalue weighted by molar-refractivity contribution is -0.384. The van der Waals surface area contributed by atoms with Crippen molar-refractivity contribution >= 4 is 23.3 Å². The summed E-state index contributed by atoms with van der Waals surface area (Å²) in [4.78, 5) is 34.7. The van der Waals surface area contributed by atoms with E-state index < -0.39 is 22.9 Å². The minimum absolute atomic E-state index is 0.0897. The fourth-order valence-corrected chi connectivity index (χ4v) is 2.17. The summed E-state index contributed by atoms with van der Waals surface area (Å²) in [6, 6.07) is 9.83.